The van der Waals surface area contributed by atoms with E-state index in [1.807, 2.05) is 6.92 Å². The Hall–Kier alpha value is -3.81. The first-order valence-electron chi connectivity index (χ1n) is 8.67. The normalized spacial score (nSPS) is 11.0. The molecule has 4 aromatic rings. The number of anilines is 1. The van der Waals surface area contributed by atoms with Crippen molar-refractivity contribution in [1.29, 1.82) is 0 Å². The van der Waals surface area contributed by atoms with Crippen LogP contribution in [0, 0.1) is 18.6 Å². The van der Waals surface area contributed by atoms with Gasteiger partial charge in [0.15, 0.2) is 11.2 Å². The minimum absolute atomic E-state index is 0.363. The van der Waals surface area contributed by atoms with Gasteiger partial charge in [-0.1, -0.05) is 12.1 Å². The number of carbonyl (C=O) groups is 1. The third-order valence-corrected chi connectivity index (χ3v) is 4.61. The smallest absolute Gasteiger partial charge is 0.406 e. The molecular formula is C21H15F2N3O3. The number of halogens is 2. The van der Waals surface area contributed by atoms with Crippen molar-refractivity contribution in [1.82, 2.24) is 9.55 Å². The lowest BCUT2D eigenvalue weighted by Gasteiger charge is -2.11. The van der Waals surface area contributed by atoms with E-state index in [0.29, 0.717) is 16.9 Å². The van der Waals surface area contributed by atoms with Crippen LogP contribution in [0.3, 0.4) is 0 Å². The maximum atomic E-state index is 13.8. The van der Waals surface area contributed by atoms with Crippen LogP contribution in [0.2, 0.25) is 0 Å². The molecule has 0 fully saturated rings. The zero-order valence-corrected chi connectivity index (χ0v) is 15.5. The Labute approximate surface area is 163 Å². The summed E-state index contributed by atoms with van der Waals surface area (Å²) in [6.45, 7) is 1.82. The van der Waals surface area contributed by atoms with Gasteiger partial charge < -0.3 is 9.73 Å². The fraction of sp³-hybridized carbons (Fsp3) is 0.0952. The molecule has 29 heavy (non-hydrogen) atoms. The van der Waals surface area contributed by atoms with Gasteiger partial charge in [0.2, 0.25) is 0 Å². The Kier molecular flexibility index (Phi) is 4.46. The van der Waals surface area contributed by atoms with Crippen LogP contribution >= 0.6 is 0 Å². The summed E-state index contributed by atoms with van der Waals surface area (Å²) in [5, 5.41) is 2.50. The summed E-state index contributed by atoms with van der Waals surface area (Å²) in [7, 11) is 1.57. The summed E-state index contributed by atoms with van der Waals surface area (Å²) in [6.07, 6.45) is 1.62. The molecule has 2 heterocycles. The number of oxazole rings is 1. The van der Waals surface area contributed by atoms with Crippen LogP contribution in [0.4, 0.5) is 14.5 Å². The number of benzene rings is 2. The van der Waals surface area contributed by atoms with E-state index in [-0.39, 0.29) is 0 Å². The molecule has 8 heteroatoms. The summed E-state index contributed by atoms with van der Waals surface area (Å²) in [5.41, 5.74) is 2.87. The molecule has 0 bridgehead atoms. The highest BCUT2D eigenvalue weighted by molar-refractivity contribution is 6.04. The van der Waals surface area contributed by atoms with E-state index in [4.69, 9.17) is 4.42 Å². The monoisotopic (exact) mass is 395 g/mol. The van der Waals surface area contributed by atoms with E-state index < -0.39 is 28.9 Å². The molecule has 0 aliphatic heterocycles. The fourth-order valence-corrected chi connectivity index (χ4v) is 3.13. The molecule has 0 spiro atoms. The molecule has 0 saturated heterocycles. The summed E-state index contributed by atoms with van der Waals surface area (Å²) in [6, 6.07) is 9.99. The number of amides is 1. The van der Waals surface area contributed by atoms with Crippen LogP contribution in [0.1, 0.15) is 15.9 Å². The van der Waals surface area contributed by atoms with Gasteiger partial charge in [-0.3, -0.25) is 9.36 Å². The number of hydrogen-bond acceptors (Lipinski definition) is 4. The van der Waals surface area contributed by atoms with Crippen LogP contribution in [-0.2, 0) is 7.05 Å². The molecule has 1 amide bonds. The molecule has 2 aromatic heterocycles. The Morgan fingerprint density at radius 1 is 1.14 bits per heavy atom. The van der Waals surface area contributed by atoms with Gasteiger partial charge in [0.25, 0.3) is 5.91 Å². The third kappa shape index (κ3) is 3.29. The topological polar surface area (TPSA) is 77.1 Å². The minimum Gasteiger partial charge on any atom is -0.406 e. The summed E-state index contributed by atoms with van der Waals surface area (Å²) in [4.78, 5) is 28.2. The SMILES string of the molecule is Cc1cc(NC(=O)c2c(F)cccc2F)ccc1-c1cnc2c(c1)oc(=O)n2C. The van der Waals surface area contributed by atoms with Crippen LogP contribution < -0.4 is 11.1 Å². The summed E-state index contributed by atoms with van der Waals surface area (Å²) in [5.74, 6) is -3.24. The number of rotatable bonds is 3. The molecule has 1 N–H and O–H groups in total. The van der Waals surface area contributed by atoms with Crippen molar-refractivity contribution in [3.8, 4) is 11.1 Å². The Balaban J connectivity index is 1.65. The van der Waals surface area contributed by atoms with Crippen LogP contribution in [0.5, 0.6) is 0 Å². The molecular weight excluding hydrogens is 380 g/mol. The number of aryl methyl sites for hydroxylation is 2. The van der Waals surface area contributed by atoms with Crippen molar-refractivity contribution in [2.24, 2.45) is 7.05 Å². The highest BCUT2D eigenvalue weighted by Gasteiger charge is 2.17. The van der Waals surface area contributed by atoms with Gasteiger partial charge in [0, 0.05) is 24.5 Å². The van der Waals surface area contributed by atoms with E-state index in [1.54, 1.807) is 37.5 Å². The molecule has 0 saturated carbocycles. The number of carbonyl (C=O) groups excluding carboxylic acids is 1. The molecule has 2 aromatic carbocycles. The van der Waals surface area contributed by atoms with Gasteiger partial charge in [-0.2, -0.15) is 0 Å². The van der Waals surface area contributed by atoms with Gasteiger partial charge in [-0.15, -0.1) is 0 Å². The van der Waals surface area contributed by atoms with E-state index in [2.05, 4.69) is 10.3 Å². The Morgan fingerprint density at radius 3 is 2.55 bits per heavy atom. The lowest BCUT2D eigenvalue weighted by atomic mass is 10.0. The molecule has 146 valence electrons. The van der Waals surface area contributed by atoms with Gasteiger partial charge in [-0.25, -0.2) is 18.6 Å². The number of nitrogens with one attached hydrogen (secondary N) is 1. The average Bonchev–Trinajstić information content (AvgIpc) is 2.95. The van der Waals surface area contributed by atoms with Gasteiger partial charge >= 0.3 is 5.76 Å². The van der Waals surface area contributed by atoms with Crippen molar-refractivity contribution in [3.05, 3.63) is 82.0 Å². The average molecular weight is 395 g/mol. The highest BCUT2D eigenvalue weighted by atomic mass is 19.1. The molecule has 0 aliphatic carbocycles. The first kappa shape index (κ1) is 18.5. The van der Waals surface area contributed by atoms with Crippen molar-refractivity contribution in [3.63, 3.8) is 0 Å². The highest BCUT2D eigenvalue weighted by Crippen LogP contribution is 2.28. The lowest BCUT2D eigenvalue weighted by Crippen LogP contribution is -2.15. The first-order valence-corrected chi connectivity index (χ1v) is 8.67. The maximum Gasteiger partial charge on any atom is 0.420 e. The van der Waals surface area contributed by atoms with Gasteiger partial charge in [0.1, 0.15) is 17.2 Å². The molecule has 4 rings (SSSR count). The van der Waals surface area contributed by atoms with Crippen molar-refractivity contribution in [2.45, 2.75) is 6.92 Å². The van der Waals surface area contributed by atoms with Crippen molar-refractivity contribution in [2.75, 3.05) is 5.32 Å². The second-order valence-corrected chi connectivity index (χ2v) is 6.55. The zero-order chi connectivity index (χ0) is 20.7. The van der Waals surface area contributed by atoms with Crippen molar-refractivity contribution < 1.29 is 18.0 Å². The standard InChI is InChI=1S/C21H15F2N3O3/c1-11-8-13(25-20(27)18-15(22)4-3-5-16(18)23)6-7-14(11)12-9-17-19(24-10-12)26(2)21(28)29-17/h3-10H,1-2H3,(H,25,27). The molecule has 0 aliphatic rings. The van der Waals surface area contributed by atoms with Crippen LogP contribution in [0.25, 0.3) is 22.4 Å². The number of hydrogen-bond donors (Lipinski definition) is 1. The largest absolute Gasteiger partial charge is 0.420 e. The number of pyridine rings is 1. The third-order valence-electron chi connectivity index (χ3n) is 4.61. The second kappa shape index (κ2) is 6.97. The number of aromatic nitrogens is 2. The summed E-state index contributed by atoms with van der Waals surface area (Å²) < 4.78 is 34.0. The maximum absolute atomic E-state index is 13.8. The van der Waals surface area contributed by atoms with Crippen LogP contribution in [0.15, 0.2) is 57.9 Å². The van der Waals surface area contributed by atoms with Gasteiger partial charge in [-0.05, 0) is 48.4 Å². The molecule has 0 atom stereocenters. The van der Waals surface area contributed by atoms with E-state index in [1.165, 1.54) is 10.6 Å². The number of fused-ring (bicyclic) bond motifs is 1. The predicted octanol–water partition coefficient (Wildman–Crippen LogP) is 4.03. The Morgan fingerprint density at radius 2 is 1.86 bits per heavy atom. The summed E-state index contributed by atoms with van der Waals surface area (Å²) >= 11 is 0. The van der Waals surface area contributed by atoms with Crippen LogP contribution in [-0.4, -0.2) is 15.5 Å². The zero-order valence-electron chi connectivity index (χ0n) is 15.5. The quantitative estimate of drug-likeness (QED) is 0.568. The minimum atomic E-state index is -0.931. The van der Waals surface area contributed by atoms with E-state index in [0.717, 1.165) is 28.8 Å². The molecule has 0 radical (unpaired) electrons. The van der Waals surface area contributed by atoms with Gasteiger partial charge in [0.05, 0.1) is 0 Å². The Bertz CT molecular complexity index is 1300. The van der Waals surface area contributed by atoms with E-state index >= 15 is 0 Å². The molecule has 6 nitrogen and oxygen atoms in total. The van der Waals surface area contributed by atoms with E-state index in [9.17, 15) is 18.4 Å². The first-order chi connectivity index (χ1) is 13.8. The fourth-order valence-electron chi connectivity index (χ4n) is 3.13. The second-order valence-electron chi connectivity index (χ2n) is 6.55. The van der Waals surface area contributed by atoms with Crippen molar-refractivity contribution >= 4 is 22.8 Å². The predicted molar refractivity (Wildman–Crippen MR) is 104 cm³/mol. The lowest BCUT2D eigenvalue weighted by molar-refractivity contribution is 0.101. The number of nitrogens with zero attached hydrogens (tertiary/aromatic N) is 2. The molecule has 0 unspecified atom stereocenters.